The highest BCUT2D eigenvalue weighted by Gasteiger charge is 2.20. The van der Waals surface area contributed by atoms with Crippen LogP contribution in [0.25, 0.3) is 0 Å². The molecule has 0 spiro atoms. The molecule has 2 rings (SSSR count). The maximum atomic E-state index is 4.43. The maximum absolute atomic E-state index is 4.43. The van der Waals surface area contributed by atoms with E-state index in [1.807, 2.05) is 6.92 Å². The van der Waals surface area contributed by atoms with E-state index < -0.39 is 0 Å². The van der Waals surface area contributed by atoms with E-state index in [-0.39, 0.29) is 0 Å². The highest BCUT2D eigenvalue weighted by atomic mass is 32.1. The van der Waals surface area contributed by atoms with Gasteiger partial charge in [0.05, 0.1) is 5.69 Å². The summed E-state index contributed by atoms with van der Waals surface area (Å²) in [7, 11) is 0. The minimum Gasteiger partial charge on any atom is -0.359 e. The lowest BCUT2D eigenvalue weighted by Crippen LogP contribution is -2.38. The number of piperidine rings is 1. The average molecular weight is 225 g/mol. The Morgan fingerprint density at radius 1 is 1.67 bits per heavy atom. The minimum atomic E-state index is 0.517. The van der Waals surface area contributed by atoms with Gasteiger partial charge in [0.1, 0.15) is 0 Å². The Morgan fingerprint density at radius 3 is 3.13 bits per heavy atom. The van der Waals surface area contributed by atoms with Gasteiger partial charge >= 0.3 is 0 Å². The molecule has 0 bridgehead atoms. The van der Waals surface area contributed by atoms with E-state index >= 15 is 0 Å². The van der Waals surface area contributed by atoms with E-state index in [1.54, 1.807) is 11.3 Å². The summed E-state index contributed by atoms with van der Waals surface area (Å²) in [4.78, 5) is 4.43. The van der Waals surface area contributed by atoms with Gasteiger partial charge in [0.25, 0.3) is 0 Å². The third kappa shape index (κ3) is 2.92. The summed E-state index contributed by atoms with van der Waals surface area (Å²) < 4.78 is 0. The molecule has 1 aromatic heterocycles. The number of aryl methyl sites for hydroxylation is 1. The fraction of sp³-hybridized carbons (Fsp3) is 0.727. The molecular formula is C11H19N3S. The van der Waals surface area contributed by atoms with Crippen LogP contribution in [0.15, 0.2) is 5.38 Å². The first-order chi connectivity index (χ1) is 7.25. The van der Waals surface area contributed by atoms with E-state index in [2.05, 4.69) is 27.9 Å². The van der Waals surface area contributed by atoms with Gasteiger partial charge in [0.15, 0.2) is 5.13 Å². The van der Waals surface area contributed by atoms with Gasteiger partial charge < -0.3 is 10.6 Å². The summed E-state index contributed by atoms with van der Waals surface area (Å²) >= 11 is 1.70. The number of nitrogens with one attached hydrogen (secondary N) is 2. The van der Waals surface area contributed by atoms with Crippen LogP contribution in [0, 0.1) is 12.8 Å². The number of thiazole rings is 1. The van der Waals surface area contributed by atoms with Crippen molar-refractivity contribution in [2.75, 3.05) is 18.4 Å². The van der Waals surface area contributed by atoms with Crippen molar-refractivity contribution in [3.05, 3.63) is 11.1 Å². The highest BCUT2D eigenvalue weighted by molar-refractivity contribution is 7.13. The van der Waals surface area contributed by atoms with Crippen LogP contribution >= 0.6 is 11.3 Å². The molecule has 2 heterocycles. The number of hydrogen-bond acceptors (Lipinski definition) is 4. The molecule has 1 fully saturated rings. The van der Waals surface area contributed by atoms with Crippen molar-refractivity contribution in [1.29, 1.82) is 0 Å². The molecule has 2 atom stereocenters. The van der Waals surface area contributed by atoms with Crippen molar-refractivity contribution in [2.24, 2.45) is 5.92 Å². The molecule has 1 aromatic rings. The van der Waals surface area contributed by atoms with Crippen LogP contribution < -0.4 is 10.6 Å². The second-order valence-electron chi connectivity index (χ2n) is 4.33. The van der Waals surface area contributed by atoms with Gasteiger partial charge in [-0.2, -0.15) is 0 Å². The molecule has 0 aromatic carbocycles. The fourth-order valence-electron chi connectivity index (χ4n) is 2.04. The van der Waals surface area contributed by atoms with Crippen molar-refractivity contribution in [2.45, 2.75) is 32.7 Å². The van der Waals surface area contributed by atoms with Crippen molar-refractivity contribution < 1.29 is 0 Å². The summed E-state index contributed by atoms with van der Waals surface area (Å²) in [6.07, 6.45) is 2.62. The van der Waals surface area contributed by atoms with E-state index in [0.717, 1.165) is 23.3 Å². The van der Waals surface area contributed by atoms with Gasteiger partial charge in [0.2, 0.25) is 0 Å². The highest BCUT2D eigenvalue weighted by Crippen LogP contribution is 2.21. The first kappa shape index (κ1) is 10.9. The first-order valence-corrected chi connectivity index (χ1v) is 6.53. The van der Waals surface area contributed by atoms with Crippen LogP contribution in [0.2, 0.25) is 0 Å². The Morgan fingerprint density at radius 2 is 2.53 bits per heavy atom. The zero-order valence-electron chi connectivity index (χ0n) is 9.42. The van der Waals surface area contributed by atoms with Crippen LogP contribution in [0.1, 0.15) is 25.5 Å². The molecule has 1 saturated heterocycles. The molecule has 1 aliphatic heterocycles. The molecule has 4 heteroatoms. The molecule has 15 heavy (non-hydrogen) atoms. The average Bonchev–Trinajstić information content (AvgIpc) is 2.65. The van der Waals surface area contributed by atoms with Gasteiger partial charge in [-0.05, 0) is 45.7 Å². The molecule has 84 valence electrons. The summed E-state index contributed by atoms with van der Waals surface area (Å²) in [6, 6.07) is 0.517. The Kier molecular flexibility index (Phi) is 3.59. The number of hydrogen-bond donors (Lipinski definition) is 2. The monoisotopic (exact) mass is 225 g/mol. The van der Waals surface area contributed by atoms with Gasteiger partial charge in [-0.1, -0.05) is 0 Å². The van der Waals surface area contributed by atoms with E-state index in [9.17, 15) is 0 Å². The normalized spacial score (nSPS) is 23.7. The Balaban J connectivity index is 1.88. The quantitative estimate of drug-likeness (QED) is 0.828. The van der Waals surface area contributed by atoms with Crippen molar-refractivity contribution >= 4 is 16.5 Å². The molecule has 2 unspecified atom stereocenters. The minimum absolute atomic E-state index is 0.517. The lowest BCUT2D eigenvalue weighted by molar-refractivity contribution is 0.347. The summed E-state index contributed by atoms with van der Waals surface area (Å²) in [5.74, 6) is 0.739. The second kappa shape index (κ2) is 4.94. The maximum Gasteiger partial charge on any atom is 0.183 e. The van der Waals surface area contributed by atoms with Crippen LogP contribution in [0.3, 0.4) is 0 Å². The largest absolute Gasteiger partial charge is 0.359 e. The van der Waals surface area contributed by atoms with Gasteiger partial charge in [0, 0.05) is 11.4 Å². The molecule has 0 saturated carbocycles. The summed E-state index contributed by atoms with van der Waals surface area (Å²) in [5.41, 5.74) is 1.11. The van der Waals surface area contributed by atoms with Gasteiger partial charge in [-0.15, -0.1) is 11.3 Å². The lowest BCUT2D eigenvalue weighted by Gasteiger charge is -2.28. The third-order valence-corrected chi connectivity index (χ3v) is 3.90. The third-order valence-electron chi connectivity index (χ3n) is 3.01. The topological polar surface area (TPSA) is 37.0 Å². The van der Waals surface area contributed by atoms with Crippen molar-refractivity contribution in [3.8, 4) is 0 Å². The Labute approximate surface area is 95.3 Å². The van der Waals surface area contributed by atoms with Crippen LogP contribution in [-0.2, 0) is 0 Å². The van der Waals surface area contributed by atoms with Gasteiger partial charge in [-0.3, -0.25) is 0 Å². The lowest BCUT2D eigenvalue weighted by atomic mass is 9.93. The molecule has 3 nitrogen and oxygen atoms in total. The summed E-state index contributed by atoms with van der Waals surface area (Å²) in [6.45, 7) is 6.61. The fourth-order valence-corrected chi connectivity index (χ4v) is 2.82. The van der Waals surface area contributed by atoms with Crippen LogP contribution in [-0.4, -0.2) is 24.1 Å². The Bertz CT molecular complexity index is 305. The zero-order valence-corrected chi connectivity index (χ0v) is 10.2. The van der Waals surface area contributed by atoms with Gasteiger partial charge in [-0.25, -0.2) is 4.98 Å². The molecule has 1 aliphatic rings. The first-order valence-electron chi connectivity index (χ1n) is 5.65. The van der Waals surface area contributed by atoms with E-state index in [4.69, 9.17) is 0 Å². The number of nitrogens with zero attached hydrogens (tertiary/aromatic N) is 1. The van der Waals surface area contributed by atoms with Crippen molar-refractivity contribution in [3.63, 3.8) is 0 Å². The Hall–Kier alpha value is -0.610. The zero-order chi connectivity index (χ0) is 10.7. The molecule has 0 radical (unpaired) electrons. The number of rotatable bonds is 3. The predicted molar refractivity (Wildman–Crippen MR) is 65.5 cm³/mol. The van der Waals surface area contributed by atoms with E-state index in [0.29, 0.717) is 6.04 Å². The summed E-state index contributed by atoms with van der Waals surface area (Å²) in [5, 5.41) is 10.1. The number of anilines is 1. The second-order valence-corrected chi connectivity index (χ2v) is 5.19. The predicted octanol–water partition coefficient (Wildman–Crippen LogP) is 2.25. The van der Waals surface area contributed by atoms with Crippen molar-refractivity contribution in [1.82, 2.24) is 10.3 Å². The number of aromatic nitrogens is 1. The molecule has 2 N–H and O–H groups in total. The van der Waals surface area contributed by atoms with Crippen LogP contribution in [0.4, 0.5) is 5.13 Å². The van der Waals surface area contributed by atoms with E-state index in [1.165, 1.54) is 19.4 Å². The smallest absolute Gasteiger partial charge is 0.183 e. The molecule has 0 amide bonds. The standard InChI is InChI=1S/C11H19N3S/c1-8-7-15-11(13-8)14-9(2)10-4-3-5-12-6-10/h7,9-10,12H,3-6H2,1-2H3,(H,13,14). The molecule has 0 aliphatic carbocycles. The van der Waals surface area contributed by atoms with Crippen LogP contribution in [0.5, 0.6) is 0 Å². The SMILES string of the molecule is Cc1csc(NC(C)C2CCCNC2)n1. The molecular weight excluding hydrogens is 206 g/mol.